The molecular formula is C6H5FN2S. The van der Waals surface area contributed by atoms with E-state index in [2.05, 4.69) is 10.3 Å². The number of hydrogen-bond donors (Lipinski definition) is 1. The van der Waals surface area contributed by atoms with Crippen LogP contribution in [-0.2, 0) is 0 Å². The van der Waals surface area contributed by atoms with E-state index in [9.17, 15) is 4.39 Å². The van der Waals surface area contributed by atoms with Crippen LogP contribution >= 0.6 is 11.8 Å². The van der Waals surface area contributed by atoms with Gasteiger partial charge in [-0.05, 0) is 12.1 Å². The van der Waals surface area contributed by atoms with Gasteiger partial charge in [0, 0.05) is 0 Å². The topological polar surface area (TPSA) is 24.9 Å². The lowest BCUT2D eigenvalue weighted by molar-refractivity contribution is 0.573. The summed E-state index contributed by atoms with van der Waals surface area (Å²) in [7, 11) is 0. The maximum absolute atomic E-state index is 12.4. The predicted octanol–water partition coefficient (Wildman–Crippen LogP) is 1.70. The van der Waals surface area contributed by atoms with Crippen LogP contribution in [0, 0.1) is 5.95 Å². The SMILES string of the molecule is Fc1ccc2c(n1)SCN2. The Hall–Kier alpha value is -0.770. The zero-order valence-corrected chi connectivity index (χ0v) is 5.91. The second-order valence-electron chi connectivity index (χ2n) is 1.95. The van der Waals surface area contributed by atoms with Gasteiger partial charge in [0.2, 0.25) is 5.95 Å². The molecule has 4 heteroatoms. The minimum atomic E-state index is -0.407. The van der Waals surface area contributed by atoms with Gasteiger partial charge < -0.3 is 5.32 Å². The van der Waals surface area contributed by atoms with Crippen LogP contribution < -0.4 is 5.32 Å². The number of hydrogen-bond acceptors (Lipinski definition) is 3. The zero-order valence-electron chi connectivity index (χ0n) is 5.10. The molecule has 0 fully saturated rings. The smallest absolute Gasteiger partial charge is 0.214 e. The average Bonchev–Trinajstić information content (AvgIpc) is 2.33. The van der Waals surface area contributed by atoms with Gasteiger partial charge in [-0.1, -0.05) is 11.8 Å². The highest BCUT2D eigenvalue weighted by Crippen LogP contribution is 2.30. The molecule has 2 rings (SSSR count). The van der Waals surface area contributed by atoms with Gasteiger partial charge in [-0.3, -0.25) is 0 Å². The van der Waals surface area contributed by atoms with Gasteiger partial charge in [0.15, 0.2) is 0 Å². The number of anilines is 1. The molecule has 0 saturated carbocycles. The Morgan fingerprint density at radius 3 is 3.40 bits per heavy atom. The molecule has 1 aliphatic rings. The van der Waals surface area contributed by atoms with E-state index in [1.54, 1.807) is 6.07 Å². The minimum absolute atomic E-state index is 0.407. The monoisotopic (exact) mass is 156 g/mol. The molecular weight excluding hydrogens is 151 g/mol. The van der Waals surface area contributed by atoms with Crippen molar-refractivity contribution < 1.29 is 4.39 Å². The fraction of sp³-hybridized carbons (Fsp3) is 0.167. The van der Waals surface area contributed by atoms with E-state index in [0.29, 0.717) is 0 Å². The van der Waals surface area contributed by atoms with Crippen molar-refractivity contribution in [2.75, 3.05) is 11.2 Å². The molecule has 2 heterocycles. The standard InChI is InChI=1S/C6H5FN2S/c7-5-2-1-4-6(9-5)10-3-8-4/h1-2,8H,3H2. The van der Waals surface area contributed by atoms with Gasteiger partial charge in [-0.25, -0.2) is 4.98 Å². The molecule has 1 aromatic rings. The van der Waals surface area contributed by atoms with Crippen molar-refractivity contribution in [3.63, 3.8) is 0 Å². The molecule has 0 unspecified atom stereocenters. The number of rotatable bonds is 0. The second-order valence-corrected chi connectivity index (χ2v) is 2.92. The van der Waals surface area contributed by atoms with E-state index >= 15 is 0 Å². The molecule has 0 aliphatic carbocycles. The Balaban J connectivity index is 2.52. The van der Waals surface area contributed by atoms with Crippen LogP contribution in [-0.4, -0.2) is 10.9 Å². The highest BCUT2D eigenvalue weighted by atomic mass is 32.2. The molecule has 2 nitrogen and oxygen atoms in total. The van der Waals surface area contributed by atoms with Gasteiger partial charge in [-0.15, -0.1) is 0 Å². The second kappa shape index (κ2) is 2.12. The molecule has 0 saturated heterocycles. The lowest BCUT2D eigenvalue weighted by Crippen LogP contribution is -1.89. The molecule has 1 aromatic heterocycles. The Kier molecular flexibility index (Phi) is 1.27. The first-order chi connectivity index (χ1) is 4.86. The maximum Gasteiger partial charge on any atom is 0.214 e. The first-order valence-electron chi connectivity index (χ1n) is 2.89. The van der Waals surface area contributed by atoms with Crippen LogP contribution in [0.15, 0.2) is 17.2 Å². The van der Waals surface area contributed by atoms with Gasteiger partial charge in [0.25, 0.3) is 0 Å². The van der Waals surface area contributed by atoms with E-state index in [1.807, 2.05) is 0 Å². The Morgan fingerprint density at radius 2 is 2.50 bits per heavy atom. The molecule has 0 atom stereocenters. The lowest BCUT2D eigenvalue weighted by atomic mass is 10.4. The summed E-state index contributed by atoms with van der Waals surface area (Å²) >= 11 is 1.52. The first-order valence-corrected chi connectivity index (χ1v) is 3.88. The molecule has 0 radical (unpaired) electrons. The summed E-state index contributed by atoms with van der Waals surface area (Å²) in [5.41, 5.74) is 0.936. The predicted molar refractivity (Wildman–Crippen MR) is 38.5 cm³/mol. The molecule has 1 aliphatic heterocycles. The maximum atomic E-state index is 12.4. The number of aromatic nitrogens is 1. The molecule has 0 bridgehead atoms. The summed E-state index contributed by atoms with van der Waals surface area (Å²) in [6.07, 6.45) is 0. The highest BCUT2D eigenvalue weighted by Gasteiger charge is 2.11. The Morgan fingerprint density at radius 1 is 1.60 bits per heavy atom. The van der Waals surface area contributed by atoms with Crippen molar-refractivity contribution in [3.05, 3.63) is 18.1 Å². The summed E-state index contributed by atoms with van der Waals surface area (Å²) < 4.78 is 12.4. The van der Waals surface area contributed by atoms with Crippen molar-refractivity contribution in [1.29, 1.82) is 0 Å². The van der Waals surface area contributed by atoms with Gasteiger partial charge in [0.1, 0.15) is 5.03 Å². The van der Waals surface area contributed by atoms with E-state index in [4.69, 9.17) is 0 Å². The normalized spacial score (nSPS) is 14.5. The van der Waals surface area contributed by atoms with Gasteiger partial charge in [0.05, 0.1) is 11.6 Å². The number of nitrogens with one attached hydrogen (secondary N) is 1. The van der Waals surface area contributed by atoms with Crippen molar-refractivity contribution in [1.82, 2.24) is 4.98 Å². The number of nitrogens with zero attached hydrogens (tertiary/aromatic N) is 1. The summed E-state index contributed by atoms with van der Waals surface area (Å²) in [4.78, 5) is 3.69. The summed E-state index contributed by atoms with van der Waals surface area (Å²) in [5, 5.41) is 3.82. The largest absolute Gasteiger partial charge is 0.373 e. The Bertz CT molecular complexity index is 264. The zero-order chi connectivity index (χ0) is 6.97. The van der Waals surface area contributed by atoms with E-state index in [1.165, 1.54) is 17.8 Å². The van der Waals surface area contributed by atoms with E-state index < -0.39 is 5.95 Å². The van der Waals surface area contributed by atoms with Gasteiger partial charge >= 0.3 is 0 Å². The minimum Gasteiger partial charge on any atom is -0.373 e. The third-order valence-electron chi connectivity index (χ3n) is 1.30. The van der Waals surface area contributed by atoms with Crippen molar-refractivity contribution in [2.45, 2.75) is 5.03 Å². The number of fused-ring (bicyclic) bond motifs is 1. The summed E-state index contributed by atoms with van der Waals surface area (Å²) in [6, 6.07) is 3.06. The van der Waals surface area contributed by atoms with E-state index in [-0.39, 0.29) is 0 Å². The third kappa shape index (κ3) is 0.844. The molecule has 10 heavy (non-hydrogen) atoms. The Labute approximate surface area is 61.8 Å². The van der Waals surface area contributed by atoms with Gasteiger partial charge in [-0.2, -0.15) is 4.39 Å². The average molecular weight is 156 g/mol. The van der Waals surface area contributed by atoms with Crippen molar-refractivity contribution >= 4 is 17.4 Å². The van der Waals surface area contributed by atoms with Crippen LogP contribution in [0.4, 0.5) is 10.1 Å². The van der Waals surface area contributed by atoms with Crippen LogP contribution in [0.2, 0.25) is 0 Å². The quantitative estimate of drug-likeness (QED) is 0.579. The number of thioether (sulfide) groups is 1. The lowest BCUT2D eigenvalue weighted by Gasteiger charge is -1.94. The van der Waals surface area contributed by atoms with Crippen LogP contribution in [0.25, 0.3) is 0 Å². The summed E-state index contributed by atoms with van der Waals surface area (Å²) in [5.74, 6) is 0.390. The molecule has 0 aromatic carbocycles. The van der Waals surface area contributed by atoms with Crippen molar-refractivity contribution in [3.8, 4) is 0 Å². The van der Waals surface area contributed by atoms with E-state index in [0.717, 1.165) is 16.6 Å². The van der Waals surface area contributed by atoms with Crippen LogP contribution in [0.5, 0.6) is 0 Å². The molecule has 0 amide bonds. The van der Waals surface area contributed by atoms with Crippen LogP contribution in [0.3, 0.4) is 0 Å². The third-order valence-corrected chi connectivity index (χ3v) is 2.17. The highest BCUT2D eigenvalue weighted by molar-refractivity contribution is 7.99. The number of pyridine rings is 1. The molecule has 52 valence electrons. The van der Waals surface area contributed by atoms with Crippen LogP contribution in [0.1, 0.15) is 0 Å². The molecule has 1 N–H and O–H groups in total. The fourth-order valence-electron chi connectivity index (χ4n) is 0.845. The van der Waals surface area contributed by atoms with Crippen molar-refractivity contribution in [2.24, 2.45) is 0 Å². The number of halogens is 1. The first kappa shape index (κ1) is 5.97. The molecule has 0 spiro atoms. The summed E-state index contributed by atoms with van der Waals surface area (Å²) in [6.45, 7) is 0. The fourth-order valence-corrected chi connectivity index (χ4v) is 1.66.